The van der Waals surface area contributed by atoms with E-state index in [4.69, 9.17) is 25.8 Å². The van der Waals surface area contributed by atoms with Gasteiger partial charge in [-0.1, -0.05) is 41.9 Å². The molecule has 4 amide bonds. The van der Waals surface area contributed by atoms with Gasteiger partial charge in [0.15, 0.2) is 6.29 Å². The summed E-state index contributed by atoms with van der Waals surface area (Å²) in [6.07, 6.45) is -2.75. The zero-order valence-corrected chi connectivity index (χ0v) is 27.3. The van der Waals surface area contributed by atoms with Crippen molar-refractivity contribution in [2.24, 2.45) is 0 Å². The molecule has 0 spiro atoms. The molecule has 0 aliphatic rings. The molecule has 0 saturated heterocycles. The van der Waals surface area contributed by atoms with Crippen LogP contribution in [0, 0.1) is 0 Å². The molecule has 2 rings (SSSR count). The van der Waals surface area contributed by atoms with Gasteiger partial charge in [-0.15, -0.1) is 0 Å². The van der Waals surface area contributed by atoms with Crippen molar-refractivity contribution >= 4 is 47.3 Å². The minimum absolute atomic E-state index is 0.106. The summed E-state index contributed by atoms with van der Waals surface area (Å²) in [7, 11) is 0. The lowest BCUT2D eigenvalue weighted by Gasteiger charge is -2.27. The summed E-state index contributed by atoms with van der Waals surface area (Å²) in [6, 6.07) is 12.4. The minimum atomic E-state index is -1.26. The van der Waals surface area contributed by atoms with Crippen molar-refractivity contribution in [1.29, 1.82) is 0 Å². The third kappa shape index (κ3) is 14.2. The monoisotopic (exact) mass is 647 g/mol. The fraction of sp³-hybridized carbons (Fsp3) is 0.452. The average Bonchev–Trinajstić information content (AvgIpc) is 2.91. The number of nitrogens with one attached hydrogen (secondary N) is 5. The van der Waals surface area contributed by atoms with Crippen LogP contribution in [0.25, 0.3) is 0 Å². The molecule has 0 aromatic heterocycles. The molecular formula is C31H42ClN5O8. The standard InChI is InChI=1S/C31H42ClN5O8/c1-8-43-26(40)23(16-19-12-10-9-11-13-19)34-24(38)18-33-25(39)20-14-15-21(32)22(17-20)35-27(36-28(41)44-30(2,3)4)37-29(42)45-31(5,6)7/h9-15,17,23,27,35H,8,16,18H2,1-7H3,(H,33,39)(H,34,38)(H,36,41)(H,37,42). The highest BCUT2D eigenvalue weighted by atomic mass is 35.5. The van der Waals surface area contributed by atoms with Gasteiger partial charge in [-0.25, -0.2) is 14.4 Å². The van der Waals surface area contributed by atoms with Crippen LogP contribution in [-0.4, -0.2) is 66.7 Å². The molecule has 1 unspecified atom stereocenters. The SMILES string of the molecule is CCOC(=O)C(Cc1ccccc1)NC(=O)CNC(=O)c1ccc(Cl)c(NC(NC(=O)OC(C)(C)C)NC(=O)OC(C)(C)C)c1. The summed E-state index contributed by atoms with van der Waals surface area (Å²) >= 11 is 6.35. The number of hydrogen-bond donors (Lipinski definition) is 5. The Kier molecular flexibility index (Phi) is 13.5. The van der Waals surface area contributed by atoms with E-state index in [2.05, 4.69) is 26.6 Å². The van der Waals surface area contributed by atoms with Crippen LogP contribution >= 0.6 is 11.6 Å². The molecule has 0 fully saturated rings. The molecule has 45 heavy (non-hydrogen) atoms. The summed E-state index contributed by atoms with van der Waals surface area (Å²) in [4.78, 5) is 63.0. The Morgan fingerprint density at radius 3 is 1.93 bits per heavy atom. The van der Waals surface area contributed by atoms with Crippen LogP contribution in [0.2, 0.25) is 5.02 Å². The lowest BCUT2D eigenvalue weighted by Crippen LogP contribution is -2.54. The first-order chi connectivity index (χ1) is 21.0. The van der Waals surface area contributed by atoms with Gasteiger partial charge in [-0.3, -0.25) is 20.2 Å². The summed E-state index contributed by atoms with van der Waals surface area (Å²) < 4.78 is 15.7. The van der Waals surface area contributed by atoms with Gasteiger partial charge in [0.05, 0.1) is 23.9 Å². The number of amides is 4. The maximum absolute atomic E-state index is 12.9. The predicted octanol–water partition coefficient (Wildman–Crippen LogP) is 4.11. The summed E-state index contributed by atoms with van der Waals surface area (Å²) in [5, 5.41) is 13.1. The molecule has 0 saturated carbocycles. The topological polar surface area (TPSA) is 173 Å². The molecule has 0 bridgehead atoms. The van der Waals surface area contributed by atoms with Gasteiger partial charge >= 0.3 is 18.2 Å². The van der Waals surface area contributed by atoms with Crippen molar-refractivity contribution in [2.75, 3.05) is 18.5 Å². The van der Waals surface area contributed by atoms with E-state index in [9.17, 15) is 24.0 Å². The van der Waals surface area contributed by atoms with Gasteiger partial charge in [0, 0.05) is 12.0 Å². The molecule has 1 atom stereocenters. The largest absolute Gasteiger partial charge is 0.464 e. The maximum Gasteiger partial charge on any atom is 0.410 e. The van der Waals surface area contributed by atoms with Crippen LogP contribution in [-0.2, 0) is 30.2 Å². The van der Waals surface area contributed by atoms with Gasteiger partial charge in [-0.05, 0) is 72.2 Å². The molecule has 0 heterocycles. The summed E-state index contributed by atoms with van der Waals surface area (Å²) in [5.74, 6) is -1.82. The van der Waals surface area contributed by atoms with E-state index < -0.39 is 60.0 Å². The minimum Gasteiger partial charge on any atom is -0.464 e. The van der Waals surface area contributed by atoms with Crippen molar-refractivity contribution in [2.45, 2.75) is 78.4 Å². The van der Waals surface area contributed by atoms with Crippen LogP contribution < -0.4 is 26.6 Å². The number of halogens is 1. The third-order valence-corrected chi connectivity index (χ3v) is 5.78. The van der Waals surface area contributed by atoms with E-state index in [1.54, 1.807) is 48.5 Å². The Balaban J connectivity index is 2.12. The highest BCUT2D eigenvalue weighted by Crippen LogP contribution is 2.24. The number of carbonyl (C=O) groups excluding carboxylic acids is 5. The molecule has 0 aliphatic carbocycles. The average molecular weight is 648 g/mol. The molecule has 0 aliphatic heterocycles. The van der Waals surface area contributed by atoms with E-state index in [0.717, 1.165) is 5.56 Å². The van der Waals surface area contributed by atoms with Gasteiger partial charge in [0.1, 0.15) is 17.2 Å². The molecule has 2 aromatic carbocycles. The molecule has 2 aromatic rings. The molecule has 246 valence electrons. The van der Waals surface area contributed by atoms with Crippen molar-refractivity contribution in [3.05, 3.63) is 64.7 Å². The predicted molar refractivity (Wildman–Crippen MR) is 169 cm³/mol. The molecule has 0 radical (unpaired) electrons. The number of esters is 1. The normalized spacial score (nSPS) is 11.9. The number of ether oxygens (including phenoxy) is 3. The summed E-state index contributed by atoms with van der Waals surface area (Å²) in [5.41, 5.74) is -0.548. The van der Waals surface area contributed by atoms with E-state index >= 15 is 0 Å². The van der Waals surface area contributed by atoms with Crippen molar-refractivity contribution in [3.8, 4) is 0 Å². The summed E-state index contributed by atoms with van der Waals surface area (Å²) in [6.45, 7) is 11.4. The van der Waals surface area contributed by atoms with E-state index in [-0.39, 0.29) is 29.3 Å². The molecule has 13 nitrogen and oxygen atoms in total. The van der Waals surface area contributed by atoms with Crippen molar-refractivity contribution in [1.82, 2.24) is 21.3 Å². The van der Waals surface area contributed by atoms with Crippen LogP contribution in [0.1, 0.15) is 64.4 Å². The molecular weight excluding hydrogens is 606 g/mol. The van der Waals surface area contributed by atoms with Gasteiger partial charge < -0.3 is 30.2 Å². The third-order valence-electron chi connectivity index (χ3n) is 5.45. The zero-order chi connectivity index (χ0) is 33.8. The Labute approximate surface area is 268 Å². The first-order valence-electron chi connectivity index (χ1n) is 14.3. The highest BCUT2D eigenvalue weighted by Gasteiger charge is 2.25. The highest BCUT2D eigenvalue weighted by molar-refractivity contribution is 6.33. The first-order valence-corrected chi connectivity index (χ1v) is 14.7. The van der Waals surface area contributed by atoms with Crippen molar-refractivity contribution in [3.63, 3.8) is 0 Å². The maximum atomic E-state index is 12.9. The van der Waals surface area contributed by atoms with Crippen LogP contribution in [0.5, 0.6) is 0 Å². The van der Waals surface area contributed by atoms with Gasteiger partial charge in [0.2, 0.25) is 5.91 Å². The number of benzene rings is 2. The van der Waals surface area contributed by atoms with E-state index in [0.29, 0.717) is 0 Å². The fourth-order valence-electron chi connectivity index (χ4n) is 3.69. The second-order valence-electron chi connectivity index (χ2n) is 11.8. The van der Waals surface area contributed by atoms with Crippen LogP contribution in [0.4, 0.5) is 15.3 Å². The number of anilines is 1. The first kappa shape index (κ1) is 36.7. The van der Waals surface area contributed by atoms with Gasteiger partial charge in [-0.2, -0.15) is 0 Å². The zero-order valence-electron chi connectivity index (χ0n) is 26.5. The molecule has 5 N–H and O–H groups in total. The van der Waals surface area contributed by atoms with Crippen LogP contribution in [0.15, 0.2) is 48.5 Å². The Bertz CT molecular complexity index is 1310. The van der Waals surface area contributed by atoms with E-state index in [1.165, 1.54) is 18.2 Å². The smallest absolute Gasteiger partial charge is 0.410 e. The quantitative estimate of drug-likeness (QED) is 0.129. The lowest BCUT2D eigenvalue weighted by atomic mass is 10.1. The second kappa shape index (κ2) is 16.5. The second-order valence-corrected chi connectivity index (χ2v) is 12.2. The number of hydrogen-bond acceptors (Lipinski definition) is 9. The number of alkyl carbamates (subject to hydrolysis) is 2. The number of rotatable bonds is 12. The number of carbonyl (C=O) groups is 5. The lowest BCUT2D eigenvalue weighted by molar-refractivity contribution is -0.147. The Hall–Kier alpha value is -4.52. The Morgan fingerprint density at radius 1 is 0.822 bits per heavy atom. The Morgan fingerprint density at radius 2 is 1.40 bits per heavy atom. The van der Waals surface area contributed by atoms with Gasteiger partial charge in [0.25, 0.3) is 5.91 Å². The van der Waals surface area contributed by atoms with Crippen LogP contribution in [0.3, 0.4) is 0 Å². The van der Waals surface area contributed by atoms with Crippen molar-refractivity contribution < 1.29 is 38.2 Å². The fourth-order valence-corrected chi connectivity index (χ4v) is 3.86. The van der Waals surface area contributed by atoms with E-state index in [1.807, 2.05) is 30.3 Å². The molecule has 14 heteroatoms.